The van der Waals surface area contributed by atoms with Gasteiger partial charge in [0.25, 0.3) is 5.91 Å². The zero-order chi connectivity index (χ0) is 17.6. The van der Waals surface area contributed by atoms with Crippen LogP contribution in [0.25, 0.3) is 5.65 Å². The van der Waals surface area contributed by atoms with Gasteiger partial charge >= 0.3 is 6.01 Å². The van der Waals surface area contributed by atoms with Crippen LogP contribution >= 0.6 is 0 Å². The van der Waals surface area contributed by atoms with E-state index in [9.17, 15) is 4.79 Å². The number of fused-ring (bicyclic) bond motifs is 1. The number of hydrogen-bond donors (Lipinski definition) is 1. The molecular weight excluding hydrogens is 324 g/mol. The molecule has 1 aromatic carbocycles. The van der Waals surface area contributed by atoms with Gasteiger partial charge < -0.3 is 19.5 Å². The third-order valence-corrected chi connectivity index (χ3v) is 3.55. The molecule has 8 heteroatoms. The number of benzene rings is 1. The minimum atomic E-state index is -0.262. The third kappa shape index (κ3) is 3.79. The van der Waals surface area contributed by atoms with Crippen LogP contribution in [-0.4, -0.2) is 41.3 Å². The number of aromatic nitrogens is 3. The van der Waals surface area contributed by atoms with E-state index in [1.54, 1.807) is 36.9 Å². The molecule has 0 saturated carbocycles. The lowest BCUT2D eigenvalue weighted by molar-refractivity contribution is -0.123. The fourth-order valence-corrected chi connectivity index (χ4v) is 2.29. The van der Waals surface area contributed by atoms with Crippen LogP contribution in [0.3, 0.4) is 0 Å². The van der Waals surface area contributed by atoms with E-state index in [4.69, 9.17) is 14.2 Å². The highest BCUT2D eigenvalue weighted by Gasteiger charge is 2.09. The van der Waals surface area contributed by atoms with Gasteiger partial charge in [-0.1, -0.05) is 17.2 Å². The van der Waals surface area contributed by atoms with E-state index in [0.717, 1.165) is 5.56 Å². The molecule has 2 heterocycles. The minimum Gasteiger partial charge on any atom is -0.493 e. The summed E-state index contributed by atoms with van der Waals surface area (Å²) in [6, 6.07) is 11.2. The Kier molecular flexibility index (Phi) is 4.98. The number of nitrogens with one attached hydrogen (secondary N) is 1. The molecule has 0 bridgehead atoms. The summed E-state index contributed by atoms with van der Waals surface area (Å²) in [5.41, 5.74) is 1.54. The summed E-state index contributed by atoms with van der Waals surface area (Å²) in [5, 5.41) is 10.6. The number of carbonyl (C=O) groups excluding carboxylic acids is 1. The summed E-state index contributed by atoms with van der Waals surface area (Å²) in [4.78, 5) is 12.0. The van der Waals surface area contributed by atoms with Crippen LogP contribution in [0.2, 0.25) is 0 Å². The molecule has 0 aliphatic rings. The molecule has 0 saturated heterocycles. The van der Waals surface area contributed by atoms with Crippen molar-refractivity contribution in [1.82, 2.24) is 19.9 Å². The molecule has 2 aromatic heterocycles. The Morgan fingerprint density at radius 2 is 1.96 bits per heavy atom. The monoisotopic (exact) mass is 342 g/mol. The zero-order valence-corrected chi connectivity index (χ0v) is 13.9. The summed E-state index contributed by atoms with van der Waals surface area (Å²) >= 11 is 0. The van der Waals surface area contributed by atoms with E-state index in [2.05, 4.69) is 15.5 Å². The Balaban J connectivity index is 1.54. The first-order valence-corrected chi connectivity index (χ1v) is 7.61. The lowest BCUT2D eigenvalue weighted by Gasteiger charge is -2.10. The first-order chi connectivity index (χ1) is 12.2. The topological polar surface area (TPSA) is 87.0 Å². The van der Waals surface area contributed by atoms with Gasteiger partial charge in [0.2, 0.25) is 0 Å². The van der Waals surface area contributed by atoms with Crippen LogP contribution in [0.15, 0.2) is 42.6 Å². The first kappa shape index (κ1) is 16.6. The largest absolute Gasteiger partial charge is 0.493 e. The normalized spacial score (nSPS) is 10.5. The zero-order valence-electron chi connectivity index (χ0n) is 13.9. The summed E-state index contributed by atoms with van der Waals surface area (Å²) in [5.74, 6) is 0.988. The van der Waals surface area contributed by atoms with E-state index in [0.29, 0.717) is 23.7 Å². The molecule has 0 aliphatic heterocycles. The van der Waals surface area contributed by atoms with Crippen molar-refractivity contribution in [3.63, 3.8) is 0 Å². The van der Waals surface area contributed by atoms with Crippen molar-refractivity contribution in [1.29, 1.82) is 0 Å². The van der Waals surface area contributed by atoms with Gasteiger partial charge in [-0.2, -0.15) is 0 Å². The molecule has 0 atom stereocenters. The fraction of sp³-hybridized carbons (Fsp3) is 0.235. The molecule has 0 fully saturated rings. The van der Waals surface area contributed by atoms with Crippen LogP contribution in [0.4, 0.5) is 0 Å². The Hall–Kier alpha value is -3.29. The highest BCUT2D eigenvalue weighted by molar-refractivity contribution is 5.77. The number of rotatable bonds is 7. The number of pyridine rings is 1. The SMILES string of the molecule is COc1ccc(CNC(=O)COc2nnc3ccccn23)cc1OC. The molecule has 3 rings (SSSR count). The van der Waals surface area contributed by atoms with Gasteiger partial charge in [-0.15, -0.1) is 5.10 Å². The van der Waals surface area contributed by atoms with Gasteiger partial charge in [0.1, 0.15) is 0 Å². The predicted molar refractivity (Wildman–Crippen MR) is 89.9 cm³/mol. The maximum absolute atomic E-state index is 12.0. The van der Waals surface area contributed by atoms with Gasteiger partial charge in [0.15, 0.2) is 23.8 Å². The molecule has 3 aromatic rings. The number of hydrogen-bond acceptors (Lipinski definition) is 6. The van der Waals surface area contributed by atoms with Gasteiger partial charge in [-0.05, 0) is 29.8 Å². The second-order valence-electron chi connectivity index (χ2n) is 5.17. The molecule has 0 unspecified atom stereocenters. The molecule has 0 spiro atoms. The Morgan fingerprint density at radius 1 is 1.12 bits per heavy atom. The van der Waals surface area contributed by atoms with Gasteiger partial charge in [0, 0.05) is 12.7 Å². The molecule has 25 heavy (non-hydrogen) atoms. The molecule has 0 radical (unpaired) electrons. The van der Waals surface area contributed by atoms with Crippen molar-refractivity contribution in [2.75, 3.05) is 20.8 Å². The van der Waals surface area contributed by atoms with Crippen molar-refractivity contribution in [3.05, 3.63) is 48.2 Å². The van der Waals surface area contributed by atoms with Crippen LogP contribution < -0.4 is 19.5 Å². The fourth-order valence-electron chi connectivity index (χ4n) is 2.29. The van der Waals surface area contributed by atoms with Crippen LogP contribution in [0, 0.1) is 0 Å². The van der Waals surface area contributed by atoms with Gasteiger partial charge in [-0.3, -0.25) is 9.20 Å². The third-order valence-electron chi connectivity index (χ3n) is 3.55. The van der Waals surface area contributed by atoms with Crippen molar-refractivity contribution in [3.8, 4) is 17.5 Å². The van der Waals surface area contributed by atoms with E-state index in [-0.39, 0.29) is 18.5 Å². The number of methoxy groups -OCH3 is 2. The average Bonchev–Trinajstić information content (AvgIpc) is 3.07. The van der Waals surface area contributed by atoms with Crippen molar-refractivity contribution in [2.24, 2.45) is 0 Å². The van der Waals surface area contributed by atoms with E-state index in [1.165, 1.54) is 0 Å². The highest BCUT2D eigenvalue weighted by Crippen LogP contribution is 2.27. The van der Waals surface area contributed by atoms with Crippen LogP contribution in [0.5, 0.6) is 17.5 Å². The lowest BCUT2D eigenvalue weighted by Crippen LogP contribution is -2.28. The maximum atomic E-state index is 12.0. The average molecular weight is 342 g/mol. The standard InChI is InChI=1S/C17H18N4O4/c1-23-13-7-6-12(9-14(13)24-2)10-18-16(22)11-25-17-20-19-15-5-3-4-8-21(15)17/h3-9H,10-11H2,1-2H3,(H,18,22). The van der Waals surface area contributed by atoms with Crippen molar-refractivity contribution in [2.45, 2.75) is 6.54 Å². The first-order valence-electron chi connectivity index (χ1n) is 7.61. The lowest BCUT2D eigenvalue weighted by atomic mass is 10.2. The second-order valence-corrected chi connectivity index (χ2v) is 5.17. The molecule has 8 nitrogen and oxygen atoms in total. The van der Waals surface area contributed by atoms with E-state index >= 15 is 0 Å². The quantitative estimate of drug-likeness (QED) is 0.699. The number of carbonyl (C=O) groups is 1. The molecule has 130 valence electrons. The summed E-state index contributed by atoms with van der Waals surface area (Å²) in [6.07, 6.45) is 1.77. The van der Waals surface area contributed by atoms with Crippen molar-refractivity contribution < 1.29 is 19.0 Å². The van der Waals surface area contributed by atoms with Crippen LogP contribution in [-0.2, 0) is 11.3 Å². The molecule has 0 aliphatic carbocycles. The van der Waals surface area contributed by atoms with Gasteiger partial charge in [-0.25, -0.2) is 0 Å². The molecule has 1 amide bonds. The highest BCUT2D eigenvalue weighted by atomic mass is 16.5. The Morgan fingerprint density at radius 3 is 2.76 bits per heavy atom. The Labute approximate surface area is 144 Å². The summed E-state index contributed by atoms with van der Waals surface area (Å²) in [7, 11) is 3.14. The van der Waals surface area contributed by atoms with Gasteiger partial charge in [0.05, 0.1) is 14.2 Å². The number of amides is 1. The smallest absolute Gasteiger partial charge is 0.322 e. The van der Waals surface area contributed by atoms with Crippen molar-refractivity contribution >= 4 is 11.6 Å². The van der Waals surface area contributed by atoms with E-state index in [1.807, 2.05) is 24.3 Å². The Bertz CT molecular complexity index is 878. The number of ether oxygens (including phenoxy) is 3. The summed E-state index contributed by atoms with van der Waals surface area (Å²) in [6.45, 7) is 0.201. The summed E-state index contributed by atoms with van der Waals surface area (Å²) < 4.78 is 17.5. The number of nitrogens with zero attached hydrogens (tertiary/aromatic N) is 3. The predicted octanol–water partition coefficient (Wildman–Crippen LogP) is 1.44. The maximum Gasteiger partial charge on any atom is 0.322 e. The molecular formula is C17H18N4O4. The molecule has 1 N–H and O–H groups in total. The second kappa shape index (κ2) is 7.52. The van der Waals surface area contributed by atoms with Crippen LogP contribution in [0.1, 0.15) is 5.56 Å². The van der Waals surface area contributed by atoms with E-state index < -0.39 is 0 Å². The minimum absolute atomic E-state index is 0.150.